The fraction of sp³-hybridized carbons (Fsp3) is 0.800. The first-order chi connectivity index (χ1) is 6.92. The molecule has 15 heavy (non-hydrogen) atoms. The molecule has 0 aromatic heterocycles. The Bertz CT molecular complexity index is 284. The molecular formula is C10H16N2O3. The van der Waals surface area contributed by atoms with Gasteiger partial charge in [0.15, 0.2) is 0 Å². The number of amides is 1. The lowest BCUT2D eigenvalue weighted by Crippen LogP contribution is -2.52. The predicted octanol–water partition coefficient (Wildman–Crippen LogP) is 1.19. The highest BCUT2D eigenvalue weighted by Gasteiger charge is 2.33. The molecule has 84 valence electrons. The summed E-state index contributed by atoms with van der Waals surface area (Å²) in [6.07, 6.45) is 1.19. The average molecular weight is 212 g/mol. The second-order valence-electron chi connectivity index (χ2n) is 4.68. The van der Waals surface area contributed by atoms with Crippen molar-refractivity contribution in [3.8, 4) is 0 Å². The van der Waals surface area contributed by atoms with Crippen molar-refractivity contribution in [2.24, 2.45) is 10.9 Å². The van der Waals surface area contributed by atoms with Gasteiger partial charge in [0.2, 0.25) is 6.08 Å². The van der Waals surface area contributed by atoms with Crippen LogP contribution in [-0.4, -0.2) is 42.3 Å². The van der Waals surface area contributed by atoms with E-state index in [1.54, 1.807) is 4.90 Å². The molecule has 1 amide bonds. The highest BCUT2D eigenvalue weighted by molar-refractivity contribution is 5.69. The Hall–Kier alpha value is -1.35. The van der Waals surface area contributed by atoms with Crippen LogP contribution in [0.2, 0.25) is 0 Å². The van der Waals surface area contributed by atoms with E-state index < -0.39 is 5.60 Å². The van der Waals surface area contributed by atoms with Crippen LogP contribution >= 0.6 is 0 Å². The zero-order chi connectivity index (χ0) is 11.5. The molecule has 0 bridgehead atoms. The summed E-state index contributed by atoms with van der Waals surface area (Å²) in [5, 5.41) is 0. The van der Waals surface area contributed by atoms with E-state index in [0.717, 1.165) is 0 Å². The number of nitrogens with zero attached hydrogens (tertiary/aromatic N) is 2. The van der Waals surface area contributed by atoms with Gasteiger partial charge < -0.3 is 9.64 Å². The Morgan fingerprint density at radius 2 is 2.13 bits per heavy atom. The highest BCUT2D eigenvalue weighted by atomic mass is 16.6. The van der Waals surface area contributed by atoms with E-state index in [0.29, 0.717) is 19.6 Å². The third-order valence-corrected chi connectivity index (χ3v) is 2.02. The van der Waals surface area contributed by atoms with Crippen molar-refractivity contribution in [3.05, 3.63) is 0 Å². The number of hydrogen-bond donors (Lipinski definition) is 0. The van der Waals surface area contributed by atoms with E-state index in [-0.39, 0.29) is 12.0 Å². The summed E-state index contributed by atoms with van der Waals surface area (Å²) < 4.78 is 5.17. The number of isocyanates is 1. The van der Waals surface area contributed by atoms with E-state index in [1.807, 2.05) is 20.8 Å². The van der Waals surface area contributed by atoms with Crippen molar-refractivity contribution in [2.75, 3.05) is 19.6 Å². The molecule has 0 radical (unpaired) electrons. The second kappa shape index (κ2) is 4.45. The minimum atomic E-state index is -0.455. The van der Waals surface area contributed by atoms with Crippen LogP contribution in [-0.2, 0) is 9.53 Å². The summed E-state index contributed by atoms with van der Waals surface area (Å²) in [4.78, 5) is 26.4. The van der Waals surface area contributed by atoms with Crippen LogP contribution < -0.4 is 0 Å². The first-order valence-corrected chi connectivity index (χ1v) is 4.94. The topological polar surface area (TPSA) is 59.0 Å². The van der Waals surface area contributed by atoms with Gasteiger partial charge in [0.25, 0.3) is 0 Å². The maximum atomic E-state index is 11.5. The Morgan fingerprint density at radius 1 is 1.53 bits per heavy atom. The Balaban J connectivity index is 2.26. The van der Waals surface area contributed by atoms with Crippen LogP contribution in [0.1, 0.15) is 20.8 Å². The van der Waals surface area contributed by atoms with Gasteiger partial charge in [-0.05, 0) is 20.8 Å². The minimum Gasteiger partial charge on any atom is -0.444 e. The van der Waals surface area contributed by atoms with Crippen LogP contribution in [0.5, 0.6) is 0 Å². The smallest absolute Gasteiger partial charge is 0.410 e. The van der Waals surface area contributed by atoms with Gasteiger partial charge in [0.05, 0.1) is 6.54 Å². The molecule has 0 N–H and O–H groups in total. The van der Waals surface area contributed by atoms with Crippen LogP contribution in [0.25, 0.3) is 0 Å². The van der Waals surface area contributed by atoms with Crippen LogP contribution in [0, 0.1) is 5.92 Å². The molecule has 0 atom stereocenters. The quantitative estimate of drug-likeness (QED) is 0.510. The first kappa shape index (κ1) is 11.7. The van der Waals surface area contributed by atoms with Crippen molar-refractivity contribution in [1.29, 1.82) is 0 Å². The van der Waals surface area contributed by atoms with Gasteiger partial charge in [-0.2, -0.15) is 0 Å². The van der Waals surface area contributed by atoms with Gasteiger partial charge >= 0.3 is 6.09 Å². The molecule has 1 rings (SSSR count). The number of carbonyl (C=O) groups excluding carboxylic acids is 2. The van der Waals surface area contributed by atoms with Crippen LogP contribution in [0.4, 0.5) is 4.79 Å². The van der Waals surface area contributed by atoms with Crippen molar-refractivity contribution in [3.63, 3.8) is 0 Å². The number of ether oxygens (including phenoxy) is 1. The molecule has 1 heterocycles. The summed E-state index contributed by atoms with van der Waals surface area (Å²) >= 11 is 0. The van der Waals surface area contributed by atoms with E-state index in [4.69, 9.17) is 4.74 Å². The molecule has 0 unspecified atom stereocenters. The molecule has 0 aromatic carbocycles. The summed E-state index contributed by atoms with van der Waals surface area (Å²) in [7, 11) is 0. The minimum absolute atomic E-state index is 0.277. The Kier molecular flexibility index (Phi) is 3.48. The van der Waals surface area contributed by atoms with Crippen molar-refractivity contribution >= 4 is 12.2 Å². The van der Waals surface area contributed by atoms with Crippen LogP contribution in [0.3, 0.4) is 0 Å². The van der Waals surface area contributed by atoms with Gasteiger partial charge in [-0.3, -0.25) is 0 Å². The molecule has 1 fully saturated rings. The summed E-state index contributed by atoms with van der Waals surface area (Å²) in [5.41, 5.74) is -0.455. The zero-order valence-corrected chi connectivity index (χ0v) is 9.32. The number of hydrogen-bond acceptors (Lipinski definition) is 4. The lowest BCUT2D eigenvalue weighted by Gasteiger charge is -2.38. The third-order valence-electron chi connectivity index (χ3n) is 2.02. The Morgan fingerprint density at radius 3 is 2.60 bits per heavy atom. The lowest BCUT2D eigenvalue weighted by molar-refractivity contribution is 0.000412. The van der Waals surface area contributed by atoms with Gasteiger partial charge in [-0.15, -0.1) is 0 Å². The molecule has 1 aliphatic heterocycles. The standard InChI is InChI=1S/C10H16N2O3/c1-10(2,3)15-9(14)12-5-8(6-12)4-11-7-13/h8H,4-6H2,1-3H3. The molecule has 1 aliphatic rings. The maximum Gasteiger partial charge on any atom is 0.410 e. The number of likely N-dealkylation sites (tertiary alicyclic amines) is 1. The second-order valence-corrected chi connectivity index (χ2v) is 4.68. The molecule has 0 spiro atoms. The average Bonchev–Trinajstić information content (AvgIpc) is 1.98. The molecule has 1 saturated heterocycles. The highest BCUT2D eigenvalue weighted by Crippen LogP contribution is 2.19. The number of aliphatic imine (C=N–C) groups is 1. The monoisotopic (exact) mass is 212 g/mol. The molecule has 0 aliphatic carbocycles. The molecule has 0 saturated carbocycles. The fourth-order valence-corrected chi connectivity index (χ4v) is 1.33. The van der Waals surface area contributed by atoms with Crippen molar-refractivity contribution < 1.29 is 14.3 Å². The molecule has 0 aromatic rings. The number of rotatable bonds is 2. The maximum absolute atomic E-state index is 11.5. The van der Waals surface area contributed by atoms with E-state index in [9.17, 15) is 9.59 Å². The van der Waals surface area contributed by atoms with Crippen LogP contribution in [0.15, 0.2) is 4.99 Å². The molecule has 5 nitrogen and oxygen atoms in total. The van der Waals surface area contributed by atoms with Gasteiger partial charge in [0, 0.05) is 19.0 Å². The van der Waals surface area contributed by atoms with E-state index >= 15 is 0 Å². The van der Waals surface area contributed by atoms with Gasteiger partial charge in [-0.25, -0.2) is 14.6 Å². The van der Waals surface area contributed by atoms with Crippen molar-refractivity contribution in [1.82, 2.24) is 4.90 Å². The molecule has 5 heteroatoms. The lowest BCUT2D eigenvalue weighted by atomic mass is 10.0. The Labute approximate surface area is 89.1 Å². The predicted molar refractivity (Wildman–Crippen MR) is 54.3 cm³/mol. The zero-order valence-electron chi connectivity index (χ0n) is 9.32. The normalized spacial score (nSPS) is 16.6. The fourth-order valence-electron chi connectivity index (χ4n) is 1.33. The number of carbonyl (C=O) groups is 1. The van der Waals surface area contributed by atoms with E-state index in [2.05, 4.69) is 4.99 Å². The largest absolute Gasteiger partial charge is 0.444 e. The SMILES string of the molecule is CC(C)(C)OC(=O)N1CC(CN=C=O)C1. The van der Waals surface area contributed by atoms with Crippen molar-refractivity contribution in [2.45, 2.75) is 26.4 Å². The van der Waals surface area contributed by atoms with Gasteiger partial charge in [0.1, 0.15) is 5.60 Å². The van der Waals surface area contributed by atoms with E-state index in [1.165, 1.54) is 6.08 Å². The summed E-state index contributed by atoms with van der Waals surface area (Å²) in [5.74, 6) is 0.277. The molecular weight excluding hydrogens is 196 g/mol. The summed E-state index contributed by atoms with van der Waals surface area (Å²) in [6.45, 7) is 7.17. The third kappa shape index (κ3) is 3.72. The summed E-state index contributed by atoms with van der Waals surface area (Å²) in [6, 6.07) is 0. The first-order valence-electron chi connectivity index (χ1n) is 4.94. The van der Waals surface area contributed by atoms with Gasteiger partial charge in [-0.1, -0.05) is 0 Å².